The van der Waals surface area contributed by atoms with Crippen molar-refractivity contribution in [2.45, 2.75) is 25.0 Å². The normalized spacial score (nSPS) is 57.1. The maximum Gasteiger partial charge on any atom is 0.0955 e. The van der Waals surface area contributed by atoms with Gasteiger partial charge in [-0.05, 0) is 18.8 Å². The molecule has 3 nitrogen and oxygen atoms in total. The lowest BCUT2D eigenvalue weighted by molar-refractivity contribution is -0.152. The quantitative estimate of drug-likeness (QED) is 0.557. The van der Waals surface area contributed by atoms with Crippen LogP contribution in [0.1, 0.15) is 12.8 Å². The van der Waals surface area contributed by atoms with Crippen LogP contribution in [0.2, 0.25) is 0 Å². The van der Waals surface area contributed by atoms with Gasteiger partial charge >= 0.3 is 0 Å². The van der Waals surface area contributed by atoms with E-state index >= 15 is 0 Å². The molecule has 2 aliphatic heterocycles. The zero-order valence-electron chi connectivity index (χ0n) is 9.06. The molecule has 0 amide bonds. The molecule has 2 saturated heterocycles. The first-order valence-electron chi connectivity index (χ1n) is 5.98. The smallest absolute Gasteiger partial charge is 0.0955 e. The number of nitrogens with zero attached hydrogens (tertiary/aromatic N) is 1. The molecule has 0 aromatic heterocycles. The van der Waals surface area contributed by atoms with E-state index in [0.717, 1.165) is 19.6 Å². The molecule has 2 bridgehead atoms. The van der Waals surface area contributed by atoms with Crippen LogP contribution in [0.4, 0.5) is 0 Å². The van der Waals surface area contributed by atoms with E-state index in [2.05, 4.69) is 24.3 Å². The maximum absolute atomic E-state index is 6.06. The summed E-state index contributed by atoms with van der Waals surface area (Å²) in [6.07, 6.45) is 7.57. The van der Waals surface area contributed by atoms with Crippen molar-refractivity contribution in [3.63, 3.8) is 0 Å². The highest BCUT2D eigenvalue weighted by molar-refractivity contribution is 5.25. The van der Waals surface area contributed by atoms with E-state index in [-0.39, 0.29) is 5.41 Å². The van der Waals surface area contributed by atoms with Crippen LogP contribution in [0.25, 0.3) is 0 Å². The molecule has 5 atom stereocenters. The second kappa shape index (κ2) is 2.65. The van der Waals surface area contributed by atoms with Crippen molar-refractivity contribution in [3.8, 4) is 0 Å². The summed E-state index contributed by atoms with van der Waals surface area (Å²) in [4.78, 5) is 6.06. The summed E-state index contributed by atoms with van der Waals surface area (Å²) in [5.41, 5.74) is 0.284. The number of rotatable bonds is 0. The molecule has 1 saturated carbocycles. The summed E-state index contributed by atoms with van der Waals surface area (Å²) in [6, 6.07) is 0.580. The lowest BCUT2D eigenvalue weighted by atomic mass is 9.68. The number of allylic oxidation sites excluding steroid dienone is 1. The van der Waals surface area contributed by atoms with E-state index in [0.29, 0.717) is 24.0 Å². The third-order valence-electron chi connectivity index (χ3n) is 4.95. The monoisotopic (exact) mass is 207 g/mol. The topological polar surface area (TPSA) is 21.7 Å². The van der Waals surface area contributed by atoms with Gasteiger partial charge in [-0.25, -0.2) is 0 Å². The molecule has 0 aromatic rings. The van der Waals surface area contributed by atoms with Crippen LogP contribution >= 0.6 is 0 Å². The van der Waals surface area contributed by atoms with Gasteiger partial charge in [0.1, 0.15) is 0 Å². The first-order valence-corrected chi connectivity index (χ1v) is 5.98. The summed E-state index contributed by atoms with van der Waals surface area (Å²) < 4.78 is 5.75. The van der Waals surface area contributed by atoms with Crippen LogP contribution in [-0.2, 0) is 9.57 Å². The highest BCUT2D eigenvalue weighted by atomic mass is 16.7. The molecule has 0 N–H and O–H groups in total. The Hall–Kier alpha value is -0.380. The molecular formula is C12H17NO2. The molecule has 1 spiro atoms. The number of hydrogen-bond donors (Lipinski definition) is 0. The summed E-state index contributed by atoms with van der Waals surface area (Å²) >= 11 is 0. The molecule has 3 heteroatoms. The van der Waals surface area contributed by atoms with Crippen LogP contribution in [0.5, 0.6) is 0 Å². The zero-order valence-corrected chi connectivity index (χ0v) is 9.06. The van der Waals surface area contributed by atoms with E-state index in [4.69, 9.17) is 9.57 Å². The van der Waals surface area contributed by atoms with E-state index in [1.807, 2.05) is 0 Å². The summed E-state index contributed by atoms with van der Waals surface area (Å²) in [5.74, 6) is 1.34. The van der Waals surface area contributed by atoms with Crippen LogP contribution in [0.3, 0.4) is 0 Å². The SMILES string of the molecule is CN1O[C@H]2[C@@H]3C=C[C@@H](C3)[C@]23COCC[C@H]13. The fourth-order valence-corrected chi connectivity index (χ4v) is 4.34. The van der Waals surface area contributed by atoms with Gasteiger partial charge in [-0.3, -0.25) is 4.84 Å². The largest absolute Gasteiger partial charge is 0.381 e. The van der Waals surface area contributed by atoms with Crippen LogP contribution < -0.4 is 0 Å². The van der Waals surface area contributed by atoms with Gasteiger partial charge in [-0.1, -0.05) is 12.2 Å². The zero-order chi connectivity index (χ0) is 10.0. The minimum atomic E-state index is 0.284. The van der Waals surface area contributed by atoms with Crippen molar-refractivity contribution < 1.29 is 9.57 Å². The summed E-state index contributed by atoms with van der Waals surface area (Å²) in [6.45, 7) is 1.80. The second-order valence-electron chi connectivity index (χ2n) is 5.43. The highest BCUT2D eigenvalue weighted by Gasteiger charge is 2.66. The van der Waals surface area contributed by atoms with E-state index < -0.39 is 0 Å². The molecule has 2 aliphatic carbocycles. The van der Waals surface area contributed by atoms with Crippen molar-refractivity contribution in [1.82, 2.24) is 5.06 Å². The van der Waals surface area contributed by atoms with Crippen molar-refractivity contribution in [2.75, 3.05) is 20.3 Å². The lowest BCUT2D eigenvalue weighted by Crippen LogP contribution is -2.51. The Balaban J connectivity index is 1.82. The maximum atomic E-state index is 6.06. The van der Waals surface area contributed by atoms with Gasteiger partial charge in [0.2, 0.25) is 0 Å². The lowest BCUT2D eigenvalue weighted by Gasteiger charge is -2.42. The van der Waals surface area contributed by atoms with Gasteiger partial charge in [0.15, 0.2) is 0 Å². The number of ether oxygens (including phenoxy) is 1. The molecule has 0 unspecified atom stereocenters. The Morgan fingerprint density at radius 3 is 3.27 bits per heavy atom. The van der Waals surface area contributed by atoms with Gasteiger partial charge < -0.3 is 4.74 Å². The average molecular weight is 207 g/mol. The Bertz CT molecular complexity index is 330. The molecule has 4 aliphatic rings. The molecule has 82 valence electrons. The van der Waals surface area contributed by atoms with Gasteiger partial charge in [0.05, 0.1) is 12.7 Å². The average Bonchev–Trinajstić information content (AvgIpc) is 2.88. The first kappa shape index (κ1) is 8.74. The van der Waals surface area contributed by atoms with Crippen molar-refractivity contribution in [2.24, 2.45) is 17.3 Å². The van der Waals surface area contributed by atoms with E-state index in [1.165, 1.54) is 6.42 Å². The molecule has 0 aromatic carbocycles. The minimum absolute atomic E-state index is 0.284. The summed E-state index contributed by atoms with van der Waals surface area (Å²) in [7, 11) is 2.09. The molecular weight excluding hydrogens is 190 g/mol. The molecule has 4 rings (SSSR count). The van der Waals surface area contributed by atoms with Crippen LogP contribution in [0, 0.1) is 17.3 Å². The Kier molecular flexibility index (Phi) is 1.54. The van der Waals surface area contributed by atoms with Gasteiger partial charge in [0, 0.05) is 31.0 Å². The number of fused-ring (bicyclic) bond motifs is 3. The second-order valence-corrected chi connectivity index (χ2v) is 5.43. The van der Waals surface area contributed by atoms with E-state index in [1.54, 1.807) is 0 Å². The molecule has 0 radical (unpaired) electrons. The van der Waals surface area contributed by atoms with Crippen molar-refractivity contribution in [3.05, 3.63) is 12.2 Å². The predicted octanol–water partition coefficient (Wildman–Crippen LogP) is 1.21. The highest BCUT2D eigenvalue weighted by Crippen LogP contribution is 2.61. The van der Waals surface area contributed by atoms with Gasteiger partial charge in [-0.2, -0.15) is 5.06 Å². The standard InChI is InChI=1S/C12H17NO2/c1-13-10-4-5-14-7-12(10)9-3-2-8(6-9)11(12)15-13/h2-3,8-11H,4-7H2,1H3/t8-,9+,10+,11+,12+/m1/s1. The Morgan fingerprint density at radius 1 is 1.40 bits per heavy atom. The Labute approximate surface area is 90.0 Å². The summed E-state index contributed by atoms with van der Waals surface area (Å²) in [5, 5.41) is 2.11. The fourth-order valence-electron chi connectivity index (χ4n) is 4.34. The third-order valence-corrected chi connectivity index (χ3v) is 4.95. The third kappa shape index (κ3) is 0.846. The van der Waals surface area contributed by atoms with Gasteiger partial charge in [0.25, 0.3) is 0 Å². The van der Waals surface area contributed by atoms with Gasteiger partial charge in [-0.15, -0.1) is 0 Å². The van der Waals surface area contributed by atoms with E-state index in [9.17, 15) is 0 Å². The molecule has 3 fully saturated rings. The Morgan fingerprint density at radius 2 is 2.33 bits per heavy atom. The molecule has 2 heterocycles. The van der Waals surface area contributed by atoms with Crippen LogP contribution in [0.15, 0.2) is 12.2 Å². The minimum Gasteiger partial charge on any atom is -0.381 e. The van der Waals surface area contributed by atoms with Crippen molar-refractivity contribution in [1.29, 1.82) is 0 Å². The number of hydrogen-bond acceptors (Lipinski definition) is 3. The number of hydroxylamine groups is 2. The molecule has 15 heavy (non-hydrogen) atoms. The van der Waals surface area contributed by atoms with Crippen molar-refractivity contribution >= 4 is 0 Å². The fraction of sp³-hybridized carbons (Fsp3) is 0.833. The first-order chi connectivity index (χ1) is 7.32. The predicted molar refractivity (Wildman–Crippen MR) is 55.0 cm³/mol. The van der Waals surface area contributed by atoms with Crippen LogP contribution in [-0.4, -0.2) is 37.5 Å².